The molecule has 0 saturated carbocycles. The number of hydrogen-bond acceptors (Lipinski definition) is 4. The van der Waals surface area contributed by atoms with Crippen molar-refractivity contribution in [2.45, 2.75) is 30.8 Å². The number of nitrogens with one attached hydrogen (secondary N) is 1. The summed E-state index contributed by atoms with van der Waals surface area (Å²) < 4.78 is 22.8. The Balaban J connectivity index is 0.00000220. The Kier molecular flexibility index (Phi) is 5.78. The first-order valence-corrected chi connectivity index (χ1v) is 8.54. The fourth-order valence-electron chi connectivity index (χ4n) is 2.35. The van der Waals surface area contributed by atoms with Crippen molar-refractivity contribution in [2.24, 2.45) is 0 Å². The van der Waals surface area contributed by atoms with E-state index in [0.29, 0.717) is 12.1 Å². The summed E-state index contributed by atoms with van der Waals surface area (Å²) in [6, 6.07) is 6.50. The first-order chi connectivity index (χ1) is 9.30. The standard InChI is InChI=1S/C14H20N2O3S.ClH/c1-10-11(2)16(9-8-15-10)14(17)12-4-6-13(7-5-12)20(3,18)19;/h4-7,10-11,15H,8-9H2,1-3H3;1H. The molecule has 1 aliphatic rings. The number of benzene rings is 1. The van der Waals surface area contributed by atoms with Crippen LogP contribution >= 0.6 is 12.4 Å². The van der Waals surface area contributed by atoms with Gasteiger partial charge in [0.25, 0.3) is 5.91 Å². The van der Waals surface area contributed by atoms with E-state index in [4.69, 9.17) is 0 Å². The molecule has 0 radical (unpaired) electrons. The SMILES string of the molecule is CC1NCCN(C(=O)c2ccc(S(C)(=O)=O)cc2)C1C.Cl. The molecule has 1 N–H and O–H groups in total. The summed E-state index contributed by atoms with van der Waals surface area (Å²) in [4.78, 5) is 14.5. The number of carbonyl (C=O) groups excluding carboxylic acids is 1. The van der Waals surface area contributed by atoms with Gasteiger partial charge in [0.05, 0.1) is 4.90 Å². The summed E-state index contributed by atoms with van der Waals surface area (Å²) in [6.45, 7) is 5.51. The number of sulfone groups is 1. The van der Waals surface area contributed by atoms with Crippen LogP contribution in [-0.4, -0.2) is 50.7 Å². The van der Waals surface area contributed by atoms with E-state index in [2.05, 4.69) is 12.2 Å². The molecule has 1 amide bonds. The summed E-state index contributed by atoms with van der Waals surface area (Å²) >= 11 is 0. The van der Waals surface area contributed by atoms with Gasteiger partial charge in [-0.25, -0.2) is 8.42 Å². The molecule has 1 aromatic carbocycles. The van der Waals surface area contributed by atoms with E-state index in [1.54, 1.807) is 12.1 Å². The van der Waals surface area contributed by atoms with Crippen LogP contribution in [0.1, 0.15) is 24.2 Å². The lowest BCUT2D eigenvalue weighted by Gasteiger charge is -2.38. The zero-order chi connectivity index (χ0) is 14.9. The van der Waals surface area contributed by atoms with Crippen molar-refractivity contribution in [3.05, 3.63) is 29.8 Å². The van der Waals surface area contributed by atoms with E-state index in [-0.39, 0.29) is 35.3 Å². The minimum absolute atomic E-state index is 0. The van der Waals surface area contributed by atoms with Crippen LogP contribution in [-0.2, 0) is 9.84 Å². The van der Waals surface area contributed by atoms with Crippen LogP contribution in [0, 0.1) is 0 Å². The minimum Gasteiger partial charge on any atom is -0.333 e. The number of carbonyl (C=O) groups is 1. The molecule has 2 unspecified atom stereocenters. The van der Waals surface area contributed by atoms with Crippen LogP contribution in [0.15, 0.2) is 29.2 Å². The molecule has 21 heavy (non-hydrogen) atoms. The molecule has 2 rings (SSSR count). The molecular weight excluding hydrogens is 312 g/mol. The van der Waals surface area contributed by atoms with E-state index in [1.807, 2.05) is 11.8 Å². The van der Waals surface area contributed by atoms with Gasteiger partial charge in [-0.05, 0) is 38.1 Å². The van der Waals surface area contributed by atoms with Gasteiger partial charge < -0.3 is 10.2 Å². The fraction of sp³-hybridized carbons (Fsp3) is 0.500. The van der Waals surface area contributed by atoms with Crippen molar-refractivity contribution in [3.63, 3.8) is 0 Å². The van der Waals surface area contributed by atoms with Crippen molar-refractivity contribution < 1.29 is 13.2 Å². The molecule has 1 fully saturated rings. The third-order valence-electron chi connectivity index (χ3n) is 3.82. The highest BCUT2D eigenvalue weighted by molar-refractivity contribution is 7.90. The number of nitrogens with zero attached hydrogens (tertiary/aromatic N) is 1. The highest BCUT2D eigenvalue weighted by Gasteiger charge is 2.28. The van der Waals surface area contributed by atoms with Crippen LogP contribution < -0.4 is 5.32 Å². The van der Waals surface area contributed by atoms with Crippen molar-refractivity contribution in [3.8, 4) is 0 Å². The Morgan fingerprint density at radius 3 is 2.33 bits per heavy atom. The van der Waals surface area contributed by atoms with E-state index < -0.39 is 9.84 Å². The lowest BCUT2D eigenvalue weighted by Crippen LogP contribution is -2.57. The second-order valence-electron chi connectivity index (χ2n) is 5.28. The zero-order valence-electron chi connectivity index (χ0n) is 12.4. The summed E-state index contributed by atoms with van der Waals surface area (Å²) in [6.07, 6.45) is 1.16. The Morgan fingerprint density at radius 2 is 1.81 bits per heavy atom. The monoisotopic (exact) mass is 332 g/mol. The number of hydrogen-bond donors (Lipinski definition) is 1. The van der Waals surface area contributed by atoms with E-state index in [0.717, 1.165) is 12.8 Å². The summed E-state index contributed by atoms with van der Waals surface area (Å²) in [5.74, 6) is -0.0501. The summed E-state index contributed by atoms with van der Waals surface area (Å²) in [5.41, 5.74) is 0.526. The average molecular weight is 333 g/mol. The fourth-order valence-corrected chi connectivity index (χ4v) is 2.98. The predicted molar refractivity (Wildman–Crippen MR) is 84.8 cm³/mol. The number of rotatable bonds is 2. The molecule has 5 nitrogen and oxygen atoms in total. The normalized spacial score (nSPS) is 22.5. The summed E-state index contributed by atoms with van der Waals surface area (Å²) in [7, 11) is -3.22. The van der Waals surface area contributed by atoms with Crippen LogP contribution in [0.4, 0.5) is 0 Å². The van der Waals surface area contributed by atoms with Crippen molar-refractivity contribution >= 4 is 28.2 Å². The highest BCUT2D eigenvalue weighted by atomic mass is 35.5. The molecular formula is C14H21ClN2O3S. The molecule has 0 aliphatic carbocycles. The molecule has 2 atom stereocenters. The molecule has 1 heterocycles. The van der Waals surface area contributed by atoms with E-state index >= 15 is 0 Å². The van der Waals surface area contributed by atoms with Crippen molar-refractivity contribution in [2.75, 3.05) is 19.3 Å². The Labute approximate surface area is 132 Å². The topological polar surface area (TPSA) is 66.5 Å². The highest BCUT2D eigenvalue weighted by Crippen LogP contribution is 2.16. The molecule has 118 valence electrons. The van der Waals surface area contributed by atoms with Gasteiger partial charge in [0.2, 0.25) is 0 Å². The first-order valence-electron chi connectivity index (χ1n) is 6.65. The van der Waals surface area contributed by atoms with Crippen molar-refractivity contribution in [1.82, 2.24) is 10.2 Å². The largest absolute Gasteiger partial charge is 0.333 e. The van der Waals surface area contributed by atoms with Gasteiger partial charge in [0.1, 0.15) is 0 Å². The van der Waals surface area contributed by atoms with Crippen LogP contribution in [0.3, 0.4) is 0 Å². The average Bonchev–Trinajstić information content (AvgIpc) is 2.40. The maximum Gasteiger partial charge on any atom is 0.254 e. The van der Waals surface area contributed by atoms with Crippen LogP contribution in [0.25, 0.3) is 0 Å². The minimum atomic E-state index is -3.22. The van der Waals surface area contributed by atoms with Gasteiger partial charge >= 0.3 is 0 Å². The lowest BCUT2D eigenvalue weighted by atomic mass is 10.1. The van der Waals surface area contributed by atoms with Gasteiger partial charge in [-0.2, -0.15) is 0 Å². The smallest absolute Gasteiger partial charge is 0.254 e. The van der Waals surface area contributed by atoms with Crippen LogP contribution in [0.2, 0.25) is 0 Å². The quantitative estimate of drug-likeness (QED) is 0.887. The number of amides is 1. The third-order valence-corrected chi connectivity index (χ3v) is 4.95. The predicted octanol–water partition coefficient (Wildman–Crippen LogP) is 1.33. The molecule has 0 spiro atoms. The Hall–Kier alpha value is -1.11. The Bertz CT molecular complexity index is 601. The molecule has 1 aromatic rings. The van der Waals surface area contributed by atoms with Gasteiger partial charge in [-0.3, -0.25) is 4.79 Å². The Morgan fingerprint density at radius 1 is 1.24 bits per heavy atom. The second-order valence-corrected chi connectivity index (χ2v) is 7.29. The first kappa shape index (κ1) is 17.9. The third kappa shape index (κ3) is 3.96. The van der Waals surface area contributed by atoms with E-state index in [1.165, 1.54) is 12.1 Å². The molecule has 7 heteroatoms. The maximum absolute atomic E-state index is 12.5. The summed E-state index contributed by atoms with van der Waals surface area (Å²) in [5, 5.41) is 3.32. The molecule has 0 aromatic heterocycles. The van der Waals surface area contributed by atoms with Gasteiger partial charge in [0.15, 0.2) is 9.84 Å². The number of piperazine rings is 1. The lowest BCUT2D eigenvalue weighted by molar-refractivity contribution is 0.0603. The molecule has 1 aliphatic heterocycles. The maximum atomic E-state index is 12.5. The molecule has 1 saturated heterocycles. The second kappa shape index (κ2) is 6.77. The van der Waals surface area contributed by atoms with Gasteiger partial charge in [-0.15, -0.1) is 12.4 Å². The zero-order valence-corrected chi connectivity index (χ0v) is 14.0. The van der Waals surface area contributed by atoms with Crippen LogP contribution in [0.5, 0.6) is 0 Å². The number of halogens is 1. The van der Waals surface area contributed by atoms with Gasteiger partial charge in [0, 0.05) is 37.0 Å². The van der Waals surface area contributed by atoms with E-state index in [9.17, 15) is 13.2 Å². The molecule has 0 bridgehead atoms. The van der Waals surface area contributed by atoms with Gasteiger partial charge in [-0.1, -0.05) is 0 Å². The van der Waals surface area contributed by atoms with Crippen molar-refractivity contribution in [1.29, 1.82) is 0 Å².